The van der Waals surface area contributed by atoms with Crippen LogP contribution in [0.15, 0.2) is 23.2 Å². The van der Waals surface area contributed by atoms with Gasteiger partial charge in [0, 0.05) is 5.69 Å². The largest absolute Gasteiger partial charge is 0.364 e. The van der Waals surface area contributed by atoms with Crippen LogP contribution < -0.4 is 15.8 Å². The second kappa shape index (κ2) is 6.86. The number of sulfonamides is 1. The molecule has 0 bridgehead atoms. The first-order valence-corrected chi connectivity index (χ1v) is 10.5. The average molecular weight is 401 g/mol. The minimum atomic E-state index is -4.24. The molecule has 0 saturated carbocycles. The van der Waals surface area contributed by atoms with Gasteiger partial charge in [0.15, 0.2) is 10.7 Å². The summed E-state index contributed by atoms with van der Waals surface area (Å²) in [5, 5.41) is 9.19. The van der Waals surface area contributed by atoms with Gasteiger partial charge in [-0.25, -0.2) is 9.52 Å². The van der Waals surface area contributed by atoms with Crippen LogP contribution in [0.5, 0.6) is 0 Å². The highest BCUT2D eigenvalue weighted by Gasteiger charge is 2.26. The molecule has 2 aliphatic carbocycles. The van der Waals surface area contributed by atoms with E-state index in [0.717, 1.165) is 67.5 Å². The molecule has 2 aromatic rings. The van der Waals surface area contributed by atoms with E-state index in [2.05, 4.69) is 21.6 Å². The van der Waals surface area contributed by atoms with Gasteiger partial charge in [-0.3, -0.25) is 4.79 Å². The standard InChI is InChI=1S/C18H19N5O4S/c19-17(24)14-7-8-15(22-21-14)28(26,27)23-18(25)20-16-12-5-1-3-10(12)9-11-4-2-6-13(11)16/h7-9H,1-6H2,(H2,19,24)(H2,20,23,25). The molecule has 0 unspecified atom stereocenters. The smallest absolute Gasteiger partial charge is 0.333 e. The lowest BCUT2D eigenvalue weighted by Crippen LogP contribution is -2.35. The van der Waals surface area contributed by atoms with Crippen molar-refractivity contribution in [2.45, 2.75) is 43.6 Å². The fourth-order valence-electron chi connectivity index (χ4n) is 3.88. The average Bonchev–Trinajstić information content (AvgIpc) is 3.30. The number of fused-ring (bicyclic) bond motifs is 2. The first-order chi connectivity index (χ1) is 13.3. The number of aryl methyl sites for hydroxylation is 2. The van der Waals surface area contributed by atoms with Crippen LogP contribution in [0, 0.1) is 0 Å². The lowest BCUT2D eigenvalue weighted by Gasteiger charge is -2.16. The number of primary amides is 1. The van der Waals surface area contributed by atoms with E-state index in [1.807, 2.05) is 4.72 Å². The lowest BCUT2D eigenvalue weighted by molar-refractivity contribution is 0.0994. The highest BCUT2D eigenvalue weighted by atomic mass is 32.2. The van der Waals surface area contributed by atoms with Crippen molar-refractivity contribution in [3.63, 3.8) is 0 Å². The summed E-state index contributed by atoms with van der Waals surface area (Å²) in [5.74, 6) is -0.825. The Labute approximate surface area is 161 Å². The third-order valence-corrected chi connectivity index (χ3v) is 6.33. The summed E-state index contributed by atoms with van der Waals surface area (Å²) < 4.78 is 26.7. The van der Waals surface area contributed by atoms with Crippen molar-refractivity contribution in [2.24, 2.45) is 5.73 Å². The summed E-state index contributed by atoms with van der Waals surface area (Å²) in [6, 6.07) is 3.58. The summed E-state index contributed by atoms with van der Waals surface area (Å²) in [4.78, 5) is 23.5. The van der Waals surface area contributed by atoms with Gasteiger partial charge < -0.3 is 11.1 Å². The topological polar surface area (TPSA) is 144 Å². The number of amides is 3. The molecule has 1 heterocycles. The van der Waals surface area contributed by atoms with Gasteiger partial charge >= 0.3 is 6.03 Å². The van der Waals surface area contributed by atoms with Gasteiger partial charge in [0.1, 0.15) is 0 Å². The van der Waals surface area contributed by atoms with Gasteiger partial charge in [-0.05, 0) is 72.9 Å². The molecule has 4 N–H and O–H groups in total. The third kappa shape index (κ3) is 3.31. The molecule has 2 aliphatic rings. The number of nitrogens with one attached hydrogen (secondary N) is 2. The van der Waals surface area contributed by atoms with Crippen molar-refractivity contribution in [3.05, 3.63) is 46.1 Å². The van der Waals surface area contributed by atoms with Crippen LogP contribution in [0.1, 0.15) is 45.6 Å². The number of rotatable bonds is 4. The number of aromatic nitrogens is 2. The molecule has 146 valence electrons. The molecule has 0 aliphatic heterocycles. The zero-order valence-corrected chi connectivity index (χ0v) is 15.8. The number of benzene rings is 1. The summed E-state index contributed by atoms with van der Waals surface area (Å²) >= 11 is 0. The molecule has 0 fully saturated rings. The highest BCUT2D eigenvalue weighted by Crippen LogP contribution is 2.38. The van der Waals surface area contributed by atoms with Crippen molar-refractivity contribution in [2.75, 3.05) is 5.32 Å². The molecule has 1 aromatic carbocycles. The maximum atomic E-state index is 12.5. The molecular formula is C18H19N5O4S. The van der Waals surface area contributed by atoms with E-state index >= 15 is 0 Å². The van der Waals surface area contributed by atoms with E-state index in [1.165, 1.54) is 11.1 Å². The zero-order valence-electron chi connectivity index (χ0n) is 15.0. The Hall–Kier alpha value is -3.01. The fourth-order valence-corrected chi connectivity index (χ4v) is 4.67. The molecule has 1 aromatic heterocycles. The number of nitrogens with zero attached hydrogens (tertiary/aromatic N) is 2. The van der Waals surface area contributed by atoms with Crippen molar-refractivity contribution >= 4 is 27.6 Å². The van der Waals surface area contributed by atoms with Crippen LogP contribution >= 0.6 is 0 Å². The van der Waals surface area contributed by atoms with Crippen LogP contribution in [-0.2, 0) is 35.7 Å². The summed E-state index contributed by atoms with van der Waals surface area (Å²) in [7, 11) is -4.24. The van der Waals surface area contributed by atoms with Crippen LogP contribution in [0.2, 0.25) is 0 Å². The number of urea groups is 1. The van der Waals surface area contributed by atoms with Gasteiger partial charge in [-0.2, -0.15) is 8.42 Å². The first-order valence-electron chi connectivity index (χ1n) is 8.99. The van der Waals surface area contributed by atoms with Crippen molar-refractivity contribution in [1.82, 2.24) is 14.9 Å². The maximum Gasteiger partial charge on any atom is 0.333 e. The Morgan fingerprint density at radius 1 is 0.964 bits per heavy atom. The summed E-state index contributed by atoms with van der Waals surface area (Å²) in [6.07, 6.45) is 5.72. The molecule has 0 spiro atoms. The minimum absolute atomic E-state index is 0.168. The van der Waals surface area contributed by atoms with Crippen molar-refractivity contribution in [3.8, 4) is 0 Å². The minimum Gasteiger partial charge on any atom is -0.364 e. The van der Waals surface area contributed by atoms with Crippen molar-refractivity contribution in [1.29, 1.82) is 0 Å². The third-order valence-electron chi connectivity index (χ3n) is 5.11. The van der Waals surface area contributed by atoms with E-state index in [1.54, 1.807) is 0 Å². The number of hydrogen-bond donors (Lipinski definition) is 3. The van der Waals surface area contributed by atoms with Gasteiger partial charge in [0.25, 0.3) is 15.9 Å². The second-order valence-electron chi connectivity index (χ2n) is 6.91. The number of hydrogen-bond acceptors (Lipinski definition) is 6. The van der Waals surface area contributed by atoms with E-state index in [9.17, 15) is 18.0 Å². The Morgan fingerprint density at radius 3 is 2.14 bits per heavy atom. The van der Waals surface area contributed by atoms with Crippen LogP contribution in [-0.4, -0.2) is 30.6 Å². The van der Waals surface area contributed by atoms with E-state index in [4.69, 9.17) is 5.73 Å². The lowest BCUT2D eigenvalue weighted by atomic mass is 9.99. The first kappa shape index (κ1) is 18.4. The molecule has 0 atom stereocenters. The van der Waals surface area contributed by atoms with E-state index in [-0.39, 0.29) is 5.69 Å². The molecule has 0 radical (unpaired) electrons. The Balaban J connectivity index is 1.56. The van der Waals surface area contributed by atoms with Crippen LogP contribution in [0.4, 0.5) is 10.5 Å². The number of nitrogens with two attached hydrogens (primary N) is 1. The van der Waals surface area contributed by atoms with Crippen LogP contribution in [0.25, 0.3) is 0 Å². The second-order valence-corrected chi connectivity index (χ2v) is 8.54. The highest BCUT2D eigenvalue weighted by molar-refractivity contribution is 7.90. The predicted molar refractivity (Wildman–Crippen MR) is 100 cm³/mol. The SMILES string of the molecule is NC(=O)c1ccc(S(=O)(=O)NC(=O)Nc2c3c(cc4c2CCC4)CCC3)nn1. The van der Waals surface area contributed by atoms with Gasteiger partial charge in [0.05, 0.1) is 0 Å². The Kier molecular flexibility index (Phi) is 4.50. The van der Waals surface area contributed by atoms with Gasteiger partial charge in [-0.1, -0.05) is 6.07 Å². The number of carbonyl (C=O) groups is 2. The van der Waals surface area contributed by atoms with Gasteiger partial charge in [0.2, 0.25) is 0 Å². The predicted octanol–water partition coefficient (Wildman–Crippen LogP) is 1.06. The molecular weight excluding hydrogens is 382 g/mol. The molecule has 4 rings (SSSR count). The molecule has 28 heavy (non-hydrogen) atoms. The van der Waals surface area contributed by atoms with Gasteiger partial charge in [-0.15, -0.1) is 10.2 Å². The Morgan fingerprint density at radius 2 is 1.61 bits per heavy atom. The normalized spacial score (nSPS) is 15.0. The Bertz CT molecular complexity index is 1050. The molecule has 9 nitrogen and oxygen atoms in total. The summed E-state index contributed by atoms with van der Waals surface area (Å²) in [6.45, 7) is 0. The van der Waals surface area contributed by atoms with Crippen LogP contribution in [0.3, 0.4) is 0 Å². The quantitative estimate of drug-likeness (QED) is 0.699. The summed E-state index contributed by atoms with van der Waals surface area (Å²) in [5.41, 5.74) is 10.3. The number of anilines is 1. The molecule has 3 amide bonds. The zero-order chi connectivity index (χ0) is 19.9. The fraction of sp³-hybridized carbons (Fsp3) is 0.333. The van der Waals surface area contributed by atoms with E-state index < -0.39 is 27.0 Å². The maximum absolute atomic E-state index is 12.5. The van der Waals surface area contributed by atoms with E-state index in [0.29, 0.717) is 0 Å². The number of carbonyl (C=O) groups excluding carboxylic acids is 2. The molecule has 10 heteroatoms. The molecule has 0 saturated heterocycles. The monoisotopic (exact) mass is 401 g/mol. The van der Waals surface area contributed by atoms with Crippen molar-refractivity contribution < 1.29 is 18.0 Å².